The van der Waals surface area contributed by atoms with E-state index in [0.717, 1.165) is 15.4 Å². The molecule has 1 aromatic heterocycles. The summed E-state index contributed by atoms with van der Waals surface area (Å²) >= 11 is 3.39. The third kappa shape index (κ3) is 2.36. The van der Waals surface area contributed by atoms with Crippen LogP contribution in [0, 0.1) is 0 Å². The number of halogens is 1. The van der Waals surface area contributed by atoms with Crippen LogP contribution in [0.5, 0.6) is 0 Å². The average molecular weight is 337 g/mol. The van der Waals surface area contributed by atoms with Crippen molar-refractivity contribution in [3.05, 3.63) is 34.4 Å². The molecule has 0 bridgehead atoms. The highest BCUT2D eigenvalue weighted by molar-refractivity contribution is 9.10. The van der Waals surface area contributed by atoms with Crippen LogP contribution in [-0.4, -0.2) is 33.3 Å². The number of anilines is 1. The Morgan fingerprint density at radius 1 is 1.40 bits per heavy atom. The van der Waals surface area contributed by atoms with Gasteiger partial charge in [0.15, 0.2) is 0 Å². The topological polar surface area (TPSA) is 82.5 Å². The summed E-state index contributed by atoms with van der Waals surface area (Å²) < 4.78 is 0.867. The molecule has 6 heteroatoms. The second-order valence-electron chi connectivity index (χ2n) is 4.98. The summed E-state index contributed by atoms with van der Waals surface area (Å²) in [6.45, 7) is 0. The lowest BCUT2D eigenvalue weighted by atomic mass is 9.89. The fraction of sp³-hybridized carbons (Fsp3) is 0.286. The first-order valence-corrected chi connectivity index (χ1v) is 7.10. The molecular formula is C14H13BrN2O3. The Balaban J connectivity index is 2.10. The Kier molecular flexibility index (Phi) is 3.35. The summed E-state index contributed by atoms with van der Waals surface area (Å²) in [7, 11) is 0. The van der Waals surface area contributed by atoms with E-state index in [0.29, 0.717) is 18.5 Å². The predicted molar refractivity (Wildman–Crippen MR) is 79.1 cm³/mol. The molecule has 1 fully saturated rings. The Hall–Kier alpha value is -1.66. The number of hydrogen-bond donors (Lipinski definition) is 3. The van der Waals surface area contributed by atoms with E-state index in [1.165, 1.54) is 6.20 Å². The van der Waals surface area contributed by atoms with E-state index < -0.39 is 5.97 Å². The number of aliphatic hydroxyl groups excluding tert-OH is 1. The fourth-order valence-corrected chi connectivity index (χ4v) is 2.75. The van der Waals surface area contributed by atoms with Crippen molar-refractivity contribution in [2.24, 2.45) is 0 Å². The number of rotatable bonds is 3. The van der Waals surface area contributed by atoms with Gasteiger partial charge in [0.25, 0.3) is 0 Å². The molecule has 0 spiro atoms. The molecule has 1 aliphatic carbocycles. The Bertz CT molecular complexity index is 683. The monoisotopic (exact) mass is 336 g/mol. The largest absolute Gasteiger partial charge is 0.478 e. The zero-order valence-corrected chi connectivity index (χ0v) is 12.1. The molecule has 5 nitrogen and oxygen atoms in total. The first-order valence-electron chi connectivity index (χ1n) is 6.31. The van der Waals surface area contributed by atoms with Crippen molar-refractivity contribution in [1.82, 2.24) is 4.98 Å². The lowest BCUT2D eigenvalue weighted by molar-refractivity contribution is 0.0697. The predicted octanol–water partition coefficient (Wildman–Crippen LogP) is 2.63. The number of pyridine rings is 1. The van der Waals surface area contributed by atoms with Crippen LogP contribution in [0.2, 0.25) is 0 Å². The first-order chi connectivity index (χ1) is 9.54. The van der Waals surface area contributed by atoms with Crippen molar-refractivity contribution in [3.63, 3.8) is 0 Å². The van der Waals surface area contributed by atoms with E-state index in [1.807, 2.05) is 18.2 Å². The number of carboxylic acid groups (broad SMARTS) is 1. The standard InChI is InChI=1S/C14H13BrN2O3/c15-7-1-2-12-10(3-7)13(11(6-16-12)14(19)20)17-8-4-9(18)5-8/h1-3,6,8-9,18H,4-5H2,(H,16,17)(H,19,20)/t8-,9+. The van der Waals surface area contributed by atoms with E-state index in [-0.39, 0.29) is 17.7 Å². The number of aliphatic hydroxyl groups is 1. The van der Waals surface area contributed by atoms with Crippen molar-refractivity contribution in [1.29, 1.82) is 0 Å². The molecule has 0 aliphatic heterocycles. The van der Waals surface area contributed by atoms with Gasteiger partial charge in [-0.05, 0) is 31.0 Å². The summed E-state index contributed by atoms with van der Waals surface area (Å²) in [6, 6.07) is 5.66. The summed E-state index contributed by atoms with van der Waals surface area (Å²) in [6.07, 6.45) is 2.35. The summed E-state index contributed by atoms with van der Waals surface area (Å²) in [5.41, 5.74) is 1.46. The molecule has 2 aromatic rings. The molecule has 0 atom stereocenters. The van der Waals surface area contributed by atoms with Gasteiger partial charge in [-0.15, -0.1) is 0 Å². The summed E-state index contributed by atoms with van der Waals surface area (Å²) in [5.74, 6) is -1.01. The van der Waals surface area contributed by atoms with E-state index in [4.69, 9.17) is 0 Å². The number of benzene rings is 1. The van der Waals surface area contributed by atoms with Crippen LogP contribution < -0.4 is 5.32 Å². The van der Waals surface area contributed by atoms with Gasteiger partial charge in [-0.3, -0.25) is 4.98 Å². The number of fused-ring (bicyclic) bond motifs is 1. The third-order valence-corrected chi connectivity index (χ3v) is 4.02. The van der Waals surface area contributed by atoms with Crippen molar-refractivity contribution in [2.75, 3.05) is 5.32 Å². The first kappa shape index (κ1) is 13.3. The molecule has 3 rings (SSSR count). The third-order valence-electron chi connectivity index (χ3n) is 3.52. The number of carbonyl (C=O) groups is 1. The smallest absolute Gasteiger partial charge is 0.339 e. The molecule has 0 radical (unpaired) electrons. The van der Waals surface area contributed by atoms with Gasteiger partial charge in [-0.1, -0.05) is 15.9 Å². The Morgan fingerprint density at radius 2 is 2.15 bits per heavy atom. The van der Waals surface area contributed by atoms with Crippen LogP contribution >= 0.6 is 15.9 Å². The highest BCUT2D eigenvalue weighted by atomic mass is 79.9. The Labute approximate surface area is 123 Å². The highest BCUT2D eigenvalue weighted by Gasteiger charge is 2.28. The maximum absolute atomic E-state index is 11.4. The van der Waals surface area contributed by atoms with Crippen molar-refractivity contribution < 1.29 is 15.0 Å². The normalized spacial score (nSPS) is 21.5. The van der Waals surface area contributed by atoms with E-state index in [1.54, 1.807) is 0 Å². The SMILES string of the molecule is O=C(O)c1cnc2ccc(Br)cc2c1N[C@H]1C[C@@H](O)C1. The van der Waals surface area contributed by atoms with E-state index >= 15 is 0 Å². The van der Waals surface area contributed by atoms with E-state index in [9.17, 15) is 15.0 Å². The van der Waals surface area contributed by atoms with Gasteiger partial charge in [0.2, 0.25) is 0 Å². The highest BCUT2D eigenvalue weighted by Crippen LogP contribution is 2.32. The molecule has 0 amide bonds. The molecule has 1 saturated carbocycles. The van der Waals surface area contributed by atoms with Crippen molar-refractivity contribution in [3.8, 4) is 0 Å². The van der Waals surface area contributed by atoms with E-state index in [2.05, 4.69) is 26.2 Å². The molecule has 20 heavy (non-hydrogen) atoms. The number of hydrogen-bond acceptors (Lipinski definition) is 4. The molecule has 3 N–H and O–H groups in total. The second kappa shape index (κ2) is 5.03. The summed E-state index contributed by atoms with van der Waals surface area (Å²) in [4.78, 5) is 15.5. The van der Waals surface area contributed by atoms with Gasteiger partial charge in [-0.2, -0.15) is 0 Å². The molecule has 0 saturated heterocycles. The van der Waals surface area contributed by atoms with Crippen LogP contribution in [0.15, 0.2) is 28.9 Å². The van der Waals surface area contributed by atoms with Gasteiger partial charge in [-0.25, -0.2) is 4.79 Å². The molecular weight excluding hydrogens is 324 g/mol. The Morgan fingerprint density at radius 3 is 2.80 bits per heavy atom. The minimum atomic E-state index is -1.01. The van der Waals surface area contributed by atoms with Gasteiger partial charge in [0.05, 0.1) is 17.3 Å². The number of nitrogens with one attached hydrogen (secondary N) is 1. The number of carboxylic acids is 1. The minimum absolute atomic E-state index is 0.104. The fourth-order valence-electron chi connectivity index (χ4n) is 2.39. The average Bonchev–Trinajstić information content (AvgIpc) is 2.37. The number of aromatic nitrogens is 1. The van der Waals surface area contributed by atoms with Crippen LogP contribution in [0.3, 0.4) is 0 Å². The zero-order chi connectivity index (χ0) is 14.3. The maximum Gasteiger partial charge on any atom is 0.339 e. The van der Waals surface area contributed by atoms with Crippen LogP contribution in [-0.2, 0) is 0 Å². The maximum atomic E-state index is 11.4. The van der Waals surface area contributed by atoms with Crippen LogP contribution in [0.4, 0.5) is 5.69 Å². The molecule has 104 valence electrons. The lowest BCUT2D eigenvalue weighted by Gasteiger charge is -2.33. The minimum Gasteiger partial charge on any atom is -0.478 e. The zero-order valence-electron chi connectivity index (χ0n) is 10.5. The van der Waals surface area contributed by atoms with Gasteiger partial charge in [0, 0.05) is 22.1 Å². The lowest BCUT2D eigenvalue weighted by Crippen LogP contribution is -2.39. The molecule has 0 unspecified atom stereocenters. The molecule has 1 aliphatic rings. The van der Waals surface area contributed by atoms with Crippen LogP contribution in [0.25, 0.3) is 10.9 Å². The van der Waals surface area contributed by atoms with Crippen molar-refractivity contribution >= 4 is 38.5 Å². The van der Waals surface area contributed by atoms with Gasteiger partial charge < -0.3 is 15.5 Å². The molecule has 1 heterocycles. The summed E-state index contributed by atoms with van der Waals surface area (Å²) in [5, 5.41) is 22.7. The quantitative estimate of drug-likeness (QED) is 0.802. The number of aromatic carboxylic acids is 1. The van der Waals surface area contributed by atoms with Crippen molar-refractivity contribution in [2.45, 2.75) is 25.0 Å². The second-order valence-corrected chi connectivity index (χ2v) is 5.90. The number of nitrogens with zero attached hydrogens (tertiary/aromatic N) is 1. The van der Waals surface area contributed by atoms with Crippen LogP contribution in [0.1, 0.15) is 23.2 Å². The molecule has 1 aromatic carbocycles. The van der Waals surface area contributed by atoms with Gasteiger partial charge >= 0.3 is 5.97 Å². The van der Waals surface area contributed by atoms with Gasteiger partial charge in [0.1, 0.15) is 5.56 Å².